The van der Waals surface area contributed by atoms with Crippen LogP contribution < -0.4 is 5.32 Å². The van der Waals surface area contributed by atoms with Crippen LogP contribution in [0.1, 0.15) is 0 Å². The van der Waals surface area contributed by atoms with Crippen molar-refractivity contribution in [3.05, 3.63) is 0 Å². The maximum absolute atomic E-state index is 5.52. The summed E-state index contributed by atoms with van der Waals surface area (Å²) < 4.78 is 15.5. The summed E-state index contributed by atoms with van der Waals surface area (Å²) in [4.78, 5) is 0. The quantitative estimate of drug-likeness (QED) is 0.598. The van der Waals surface area contributed by atoms with E-state index in [-0.39, 0.29) is 6.04 Å². The molecule has 0 aromatic rings. The van der Waals surface area contributed by atoms with Crippen molar-refractivity contribution in [2.75, 3.05) is 40.6 Å². The monoisotopic (exact) mass is 175 g/mol. The molecule has 0 bridgehead atoms. The van der Waals surface area contributed by atoms with Crippen LogP contribution in [0, 0.1) is 0 Å². The Kier molecular flexibility index (Phi) is 4.53. The number of rotatable bonds is 6. The van der Waals surface area contributed by atoms with Gasteiger partial charge in [0, 0.05) is 7.11 Å². The van der Waals surface area contributed by atoms with E-state index in [9.17, 15) is 0 Å². The minimum Gasteiger partial charge on any atom is -0.383 e. The first-order valence-corrected chi connectivity index (χ1v) is 4.22. The van der Waals surface area contributed by atoms with Crippen molar-refractivity contribution in [1.82, 2.24) is 5.32 Å². The number of methoxy groups -OCH3 is 1. The number of hydrogen-bond acceptors (Lipinski definition) is 4. The second-order valence-electron chi connectivity index (χ2n) is 2.93. The molecular formula is C8H17NO3. The largest absolute Gasteiger partial charge is 0.383 e. The number of nitrogens with one attached hydrogen (secondary N) is 1. The maximum Gasteiger partial charge on any atom is 0.104 e. The second kappa shape index (κ2) is 5.48. The molecule has 1 aliphatic rings. The number of hydrogen-bond donors (Lipinski definition) is 1. The van der Waals surface area contributed by atoms with E-state index < -0.39 is 0 Å². The van der Waals surface area contributed by atoms with Crippen molar-refractivity contribution in [2.45, 2.75) is 12.1 Å². The van der Waals surface area contributed by atoms with Gasteiger partial charge < -0.3 is 19.5 Å². The van der Waals surface area contributed by atoms with Crippen LogP contribution in [0.3, 0.4) is 0 Å². The molecular weight excluding hydrogens is 158 g/mol. The van der Waals surface area contributed by atoms with Crippen LogP contribution in [0.4, 0.5) is 0 Å². The van der Waals surface area contributed by atoms with Crippen molar-refractivity contribution >= 4 is 0 Å². The fourth-order valence-corrected chi connectivity index (χ4v) is 0.979. The Bertz CT molecular complexity index is 117. The lowest BCUT2D eigenvalue weighted by Gasteiger charge is -2.27. The molecule has 1 heterocycles. The van der Waals surface area contributed by atoms with Crippen molar-refractivity contribution in [1.29, 1.82) is 0 Å². The van der Waals surface area contributed by atoms with E-state index in [1.807, 2.05) is 7.05 Å². The Morgan fingerprint density at radius 3 is 2.67 bits per heavy atom. The Morgan fingerprint density at radius 1 is 1.50 bits per heavy atom. The number of ether oxygens (including phenoxy) is 3. The lowest BCUT2D eigenvalue weighted by Crippen LogP contribution is -2.42. The summed E-state index contributed by atoms with van der Waals surface area (Å²) in [5, 5.41) is 3.12. The molecule has 0 radical (unpaired) electrons. The Labute approximate surface area is 73.2 Å². The highest BCUT2D eigenvalue weighted by Crippen LogP contribution is 2.05. The van der Waals surface area contributed by atoms with Gasteiger partial charge in [0.15, 0.2) is 0 Å². The van der Waals surface area contributed by atoms with Crippen molar-refractivity contribution in [3.8, 4) is 0 Å². The molecule has 72 valence electrons. The molecule has 4 heteroatoms. The highest BCUT2D eigenvalue weighted by atomic mass is 16.6. The van der Waals surface area contributed by atoms with E-state index in [0.717, 1.165) is 13.2 Å². The molecule has 1 aliphatic heterocycles. The molecule has 1 fully saturated rings. The fourth-order valence-electron chi connectivity index (χ4n) is 0.979. The fraction of sp³-hybridized carbons (Fsp3) is 1.00. The average Bonchev–Trinajstić information content (AvgIpc) is 2.00. The minimum atomic E-state index is 0.288. The zero-order valence-electron chi connectivity index (χ0n) is 7.71. The molecule has 1 N–H and O–H groups in total. The van der Waals surface area contributed by atoms with Crippen LogP contribution in [0.15, 0.2) is 0 Å². The molecule has 1 rings (SSSR count). The van der Waals surface area contributed by atoms with E-state index in [0.29, 0.717) is 19.3 Å². The van der Waals surface area contributed by atoms with Crippen molar-refractivity contribution < 1.29 is 14.2 Å². The third-order valence-electron chi connectivity index (χ3n) is 1.92. The Hall–Kier alpha value is -0.160. The van der Waals surface area contributed by atoms with Crippen LogP contribution in [-0.2, 0) is 14.2 Å². The average molecular weight is 175 g/mol. The van der Waals surface area contributed by atoms with Crippen molar-refractivity contribution in [2.24, 2.45) is 0 Å². The highest BCUT2D eigenvalue weighted by Gasteiger charge is 2.20. The van der Waals surface area contributed by atoms with Gasteiger partial charge in [-0.15, -0.1) is 0 Å². The number of likely N-dealkylation sites (N-methyl/N-ethyl adjacent to an activating group) is 1. The third-order valence-corrected chi connectivity index (χ3v) is 1.92. The van der Waals surface area contributed by atoms with Gasteiger partial charge >= 0.3 is 0 Å². The normalized spacial score (nSPS) is 20.5. The van der Waals surface area contributed by atoms with E-state index in [1.165, 1.54) is 0 Å². The molecule has 0 spiro atoms. The van der Waals surface area contributed by atoms with Crippen LogP contribution in [-0.4, -0.2) is 52.7 Å². The van der Waals surface area contributed by atoms with Crippen LogP contribution in [0.25, 0.3) is 0 Å². The smallest absolute Gasteiger partial charge is 0.104 e. The summed E-state index contributed by atoms with van der Waals surface area (Å²) >= 11 is 0. The van der Waals surface area contributed by atoms with Gasteiger partial charge in [-0.25, -0.2) is 0 Å². The SMILES string of the molecule is CNC(COC)COC1COC1. The topological polar surface area (TPSA) is 39.7 Å². The summed E-state index contributed by atoms with van der Waals surface area (Å²) in [5.41, 5.74) is 0. The molecule has 0 aliphatic carbocycles. The molecule has 1 unspecified atom stereocenters. The first-order chi connectivity index (χ1) is 5.86. The molecule has 0 aromatic carbocycles. The second-order valence-corrected chi connectivity index (χ2v) is 2.93. The standard InChI is InChI=1S/C8H17NO3/c1-9-7(3-10-2)4-12-8-5-11-6-8/h7-9H,3-6H2,1-2H3. The summed E-state index contributed by atoms with van der Waals surface area (Å²) in [5.74, 6) is 0. The molecule has 12 heavy (non-hydrogen) atoms. The van der Waals surface area contributed by atoms with Crippen molar-refractivity contribution in [3.63, 3.8) is 0 Å². The highest BCUT2D eigenvalue weighted by molar-refractivity contribution is 4.68. The predicted molar refractivity (Wildman–Crippen MR) is 45.3 cm³/mol. The van der Waals surface area contributed by atoms with Gasteiger partial charge in [-0.1, -0.05) is 0 Å². The maximum atomic E-state index is 5.52. The van der Waals surface area contributed by atoms with Gasteiger partial charge in [0.05, 0.1) is 32.5 Å². The van der Waals surface area contributed by atoms with Gasteiger partial charge in [0.25, 0.3) is 0 Å². The van der Waals surface area contributed by atoms with E-state index in [4.69, 9.17) is 14.2 Å². The summed E-state index contributed by atoms with van der Waals surface area (Å²) in [6.07, 6.45) is 0.303. The molecule has 4 nitrogen and oxygen atoms in total. The van der Waals surface area contributed by atoms with Gasteiger partial charge in [-0.05, 0) is 7.05 Å². The summed E-state index contributed by atoms with van der Waals surface area (Å²) in [6.45, 7) is 2.86. The van der Waals surface area contributed by atoms with Gasteiger partial charge in [0.2, 0.25) is 0 Å². The third kappa shape index (κ3) is 3.06. The first-order valence-electron chi connectivity index (χ1n) is 4.22. The summed E-state index contributed by atoms with van der Waals surface area (Å²) in [6, 6.07) is 0.288. The van der Waals surface area contributed by atoms with Gasteiger partial charge in [-0.2, -0.15) is 0 Å². The van der Waals surface area contributed by atoms with Crippen LogP contribution >= 0.6 is 0 Å². The molecule has 0 amide bonds. The Balaban J connectivity index is 2.01. The van der Waals surface area contributed by atoms with Crippen LogP contribution in [0.2, 0.25) is 0 Å². The molecule has 0 aromatic heterocycles. The molecule has 0 saturated carbocycles. The van der Waals surface area contributed by atoms with Gasteiger partial charge in [0.1, 0.15) is 6.10 Å². The zero-order valence-corrected chi connectivity index (χ0v) is 7.71. The lowest BCUT2D eigenvalue weighted by molar-refractivity contribution is -0.134. The summed E-state index contributed by atoms with van der Waals surface area (Å²) in [7, 11) is 3.60. The lowest BCUT2D eigenvalue weighted by atomic mass is 10.3. The Morgan fingerprint density at radius 2 is 2.25 bits per heavy atom. The molecule has 1 saturated heterocycles. The van der Waals surface area contributed by atoms with Crippen LogP contribution in [0.5, 0.6) is 0 Å². The van der Waals surface area contributed by atoms with E-state index in [2.05, 4.69) is 5.32 Å². The van der Waals surface area contributed by atoms with Gasteiger partial charge in [-0.3, -0.25) is 0 Å². The minimum absolute atomic E-state index is 0.288. The first kappa shape index (κ1) is 9.92. The van der Waals surface area contributed by atoms with E-state index >= 15 is 0 Å². The predicted octanol–water partition coefficient (Wildman–Crippen LogP) is -0.364. The molecule has 1 atom stereocenters. The zero-order chi connectivity index (χ0) is 8.81. The van der Waals surface area contributed by atoms with E-state index in [1.54, 1.807) is 7.11 Å².